The Morgan fingerprint density at radius 2 is 1.57 bits per heavy atom. The molecule has 3 aromatic carbocycles. The molecular formula is C19H11ClF5NO3S. The zero-order valence-corrected chi connectivity index (χ0v) is 16.2. The lowest BCUT2D eigenvalue weighted by Gasteiger charge is -2.15. The van der Waals surface area contributed by atoms with Gasteiger partial charge in [0.25, 0.3) is 10.0 Å². The molecule has 0 aliphatic carbocycles. The molecule has 158 valence electrons. The average molecular weight is 464 g/mol. The number of hydrogen-bond acceptors (Lipinski definition) is 3. The van der Waals surface area contributed by atoms with E-state index in [9.17, 15) is 35.5 Å². The first-order chi connectivity index (χ1) is 13.9. The van der Waals surface area contributed by atoms with Crippen LogP contribution in [0.15, 0.2) is 59.5 Å². The Hall–Kier alpha value is -2.85. The maximum atomic E-state index is 14.2. The molecule has 0 unspecified atom stereocenters. The van der Waals surface area contributed by atoms with Crippen LogP contribution < -0.4 is 4.72 Å². The molecule has 0 atom stereocenters. The monoisotopic (exact) mass is 463 g/mol. The summed E-state index contributed by atoms with van der Waals surface area (Å²) in [4.78, 5) is -1.22. The minimum atomic E-state index is -4.96. The van der Waals surface area contributed by atoms with Crippen molar-refractivity contribution in [2.24, 2.45) is 0 Å². The van der Waals surface area contributed by atoms with Crippen molar-refractivity contribution in [1.82, 2.24) is 0 Å². The molecule has 0 radical (unpaired) electrons. The highest BCUT2D eigenvalue weighted by Crippen LogP contribution is 2.39. The van der Waals surface area contributed by atoms with Crippen LogP contribution in [-0.4, -0.2) is 13.5 Å². The summed E-state index contributed by atoms with van der Waals surface area (Å²) >= 11 is 5.53. The molecule has 0 saturated heterocycles. The Labute approximate surface area is 172 Å². The molecule has 3 rings (SSSR count). The van der Waals surface area contributed by atoms with Crippen molar-refractivity contribution in [2.45, 2.75) is 11.1 Å². The highest BCUT2D eigenvalue weighted by Gasteiger charge is 2.34. The third-order valence-corrected chi connectivity index (χ3v) is 5.70. The van der Waals surface area contributed by atoms with Crippen molar-refractivity contribution in [3.63, 3.8) is 0 Å². The van der Waals surface area contributed by atoms with Gasteiger partial charge in [-0.1, -0.05) is 41.9 Å². The third kappa shape index (κ3) is 4.34. The van der Waals surface area contributed by atoms with Crippen molar-refractivity contribution in [2.75, 3.05) is 4.72 Å². The zero-order chi connectivity index (χ0) is 22.3. The van der Waals surface area contributed by atoms with Crippen molar-refractivity contribution in [3.8, 4) is 16.9 Å². The lowest BCUT2D eigenvalue weighted by Crippen LogP contribution is -2.16. The van der Waals surface area contributed by atoms with E-state index >= 15 is 0 Å². The molecule has 0 aromatic heterocycles. The van der Waals surface area contributed by atoms with E-state index in [0.29, 0.717) is 17.7 Å². The van der Waals surface area contributed by atoms with Crippen LogP contribution in [-0.2, 0) is 16.2 Å². The summed E-state index contributed by atoms with van der Waals surface area (Å²) in [5.41, 5.74) is -2.01. The minimum absolute atomic E-state index is 0.152. The van der Waals surface area contributed by atoms with E-state index in [4.69, 9.17) is 11.6 Å². The molecule has 0 saturated carbocycles. The van der Waals surface area contributed by atoms with Crippen LogP contribution in [0.2, 0.25) is 5.02 Å². The molecule has 0 bridgehead atoms. The molecule has 3 aromatic rings. The second-order valence-corrected chi connectivity index (χ2v) is 8.14. The Bertz CT molecular complexity index is 1220. The fraction of sp³-hybridized carbons (Fsp3) is 0.0526. The lowest BCUT2D eigenvalue weighted by molar-refractivity contribution is -0.137. The van der Waals surface area contributed by atoms with Gasteiger partial charge in [0.2, 0.25) is 0 Å². The van der Waals surface area contributed by atoms with E-state index in [0.717, 1.165) is 6.07 Å². The van der Waals surface area contributed by atoms with Crippen molar-refractivity contribution in [3.05, 3.63) is 76.8 Å². The van der Waals surface area contributed by atoms with E-state index in [-0.39, 0.29) is 11.6 Å². The van der Waals surface area contributed by atoms with Gasteiger partial charge in [0.1, 0.15) is 16.5 Å². The molecule has 11 heteroatoms. The summed E-state index contributed by atoms with van der Waals surface area (Å²) in [6, 6.07) is 9.57. The standard InChI is InChI=1S/C19H11ClF5NO3S/c20-13-6-11(19(23,24)25)7-17(18(13)27)30(28,29)26-16-8-12(14(21)9-15(16)22)10-4-2-1-3-5-10/h1-9,26-27H. The van der Waals surface area contributed by atoms with E-state index in [2.05, 4.69) is 0 Å². The van der Waals surface area contributed by atoms with Crippen LogP contribution in [0.4, 0.5) is 27.6 Å². The maximum absolute atomic E-state index is 14.2. The lowest BCUT2D eigenvalue weighted by atomic mass is 10.0. The van der Waals surface area contributed by atoms with Gasteiger partial charge in [-0.25, -0.2) is 17.2 Å². The third-order valence-electron chi connectivity index (χ3n) is 4.03. The molecule has 30 heavy (non-hydrogen) atoms. The number of alkyl halides is 3. The fourth-order valence-electron chi connectivity index (χ4n) is 2.61. The van der Waals surface area contributed by atoms with Gasteiger partial charge >= 0.3 is 6.18 Å². The van der Waals surface area contributed by atoms with Crippen LogP contribution >= 0.6 is 11.6 Å². The van der Waals surface area contributed by atoms with Gasteiger partial charge in [0, 0.05) is 11.6 Å². The van der Waals surface area contributed by atoms with Crippen molar-refractivity contribution >= 4 is 27.3 Å². The Balaban J connectivity index is 2.10. The normalized spacial score (nSPS) is 12.1. The van der Waals surface area contributed by atoms with Gasteiger partial charge in [-0.2, -0.15) is 13.2 Å². The van der Waals surface area contributed by atoms with Gasteiger partial charge < -0.3 is 5.11 Å². The number of nitrogens with one attached hydrogen (secondary N) is 1. The fourth-order valence-corrected chi connectivity index (χ4v) is 4.09. The Morgan fingerprint density at radius 1 is 0.933 bits per heavy atom. The number of sulfonamides is 1. The number of hydrogen-bond donors (Lipinski definition) is 2. The molecule has 4 nitrogen and oxygen atoms in total. The SMILES string of the molecule is O=S(=O)(Nc1cc(-c2ccccc2)c(F)cc1F)c1cc(C(F)(F)F)cc(Cl)c1O. The highest BCUT2D eigenvalue weighted by molar-refractivity contribution is 7.92. The predicted molar refractivity (Wildman–Crippen MR) is 101 cm³/mol. The van der Waals surface area contributed by atoms with Crippen LogP contribution in [0.25, 0.3) is 11.1 Å². The molecular weight excluding hydrogens is 453 g/mol. The van der Waals surface area contributed by atoms with Crippen LogP contribution in [0.1, 0.15) is 5.56 Å². The number of benzene rings is 3. The molecule has 0 heterocycles. The largest absolute Gasteiger partial charge is 0.505 e. The molecule has 0 fully saturated rings. The summed E-state index contributed by atoms with van der Waals surface area (Å²) in [7, 11) is -4.93. The van der Waals surface area contributed by atoms with Crippen LogP contribution in [0.5, 0.6) is 5.75 Å². The van der Waals surface area contributed by atoms with Gasteiger partial charge in [-0.05, 0) is 23.8 Å². The predicted octanol–water partition coefficient (Wildman–Crippen LogP) is 5.81. The summed E-state index contributed by atoms with van der Waals surface area (Å²) in [6.07, 6.45) is -4.96. The smallest absolute Gasteiger partial charge is 0.416 e. The Morgan fingerprint density at radius 3 is 2.17 bits per heavy atom. The highest BCUT2D eigenvalue weighted by atomic mass is 35.5. The van der Waals surface area contributed by atoms with E-state index in [1.807, 2.05) is 0 Å². The Kier molecular flexibility index (Phi) is 5.66. The summed E-state index contributed by atoms with van der Waals surface area (Å²) < 4.78 is 94.2. The number of rotatable bonds is 4. The van der Waals surface area contributed by atoms with Gasteiger partial charge in [-0.3, -0.25) is 4.72 Å². The molecule has 0 aliphatic rings. The number of anilines is 1. The quantitative estimate of drug-likeness (QED) is 0.480. The second kappa shape index (κ2) is 7.77. The molecule has 2 N–H and O–H groups in total. The number of phenolic OH excluding ortho intramolecular Hbond substituents is 1. The van der Waals surface area contributed by atoms with Gasteiger partial charge in [0.15, 0.2) is 5.75 Å². The van der Waals surface area contributed by atoms with Crippen molar-refractivity contribution < 1.29 is 35.5 Å². The first kappa shape index (κ1) is 21.8. The molecule has 0 amide bonds. The minimum Gasteiger partial charge on any atom is -0.505 e. The summed E-state index contributed by atoms with van der Waals surface area (Å²) in [5.74, 6) is -3.44. The summed E-state index contributed by atoms with van der Waals surface area (Å²) in [5, 5.41) is 9.01. The van der Waals surface area contributed by atoms with E-state index < -0.39 is 54.8 Å². The van der Waals surface area contributed by atoms with Crippen LogP contribution in [0.3, 0.4) is 0 Å². The number of aromatic hydroxyl groups is 1. The van der Waals surface area contributed by atoms with Gasteiger partial charge in [0.05, 0.1) is 16.3 Å². The van der Waals surface area contributed by atoms with Gasteiger partial charge in [-0.15, -0.1) is 0 Å². The zero-order valence-electron chi connectivity index (χ0n) is 14.6. The number of phenols is 1. The molecule has 0 spiro atoms. The first-order valence-electron chi connectivity index (χ1n) is 8.07. The van der Waals surface area contributed by atoms with E-state index in [1.54, 1.807) is 22.9 Å². The second-order valence-electron chi connectivity index (χ2n) is 6.09. The maximum Gasteiger partial charge on any atom is 0.416 e. The van der Waals surface area contributed by atoms with E-state index in [1.165, 1.54) is 12.1 Å². The topological polar surface area (TPSA) is 66.4 Å². The number of halogens is 6. The average Bonchev–Trinajstić information content (AvgIpc) is 2.65. The first-order valence-corrected chi connectivity index (χ1v) is 9.93. The van der Waals surface area contributed by atoms with Crippen LogP contribution in [0, 0.1) is 11.6 Å². The molecule has 0 aliphatic heterocycles. The summed E-state index contributed by atoms with van der Waals surface area (Å²) in [6.45, 7) is 0. The van der Waals surface area contributed by atoms with Crippen molar-refractivity contribution in [1.29, 1.82) is 0 Å².